The molecular formula is C9H8Cl2N2O. The third-order valence-corrected chi connectivity index (χ3v) is 2.28. The molecule has 0 radical (unpaired) electrons. The number of benzene rings is 1. The molecule has 0 spiro atoms. The minimum absolute atomic E-state index is 0.480. The first-order valence-electron chi connectivity index (χ1n) is 4.01. The van der Waals surface area contributed by atoms with Crippen molar-refractivity contribution in [2.75, 3.05) is 19.0 Å². The maximum absolute atomic E-state index is 5.94. The summed E-state index contributed by atoms with van der Waals surface area (Å²) in [6.07, 6.45) is 0. The van der Waals surface area contributed by atoms with Crippen LogP contribution in [0.4, 0.5) is 6.01 Å². The first kappa shape index (κ1) is 9.62. The van der Waals surface area contributed by atoms with Gasteiger partial charge in [-0.3, -0.25) is 0 Å². The van der Waals surface area contributed by atoms with Crippen LogP contribution in [0.5, 0.6) is 0 Å². The lowest BCUT2D eigenvalue weighted by atomic mass is 10.3. The summed E-state index contributed by atoms with van der Waals surface area (Å²) >= 11 is 11.8. The van der Waals surface area contributed by atoms with Crippen molar-refractivity contribution in [2.24, 2.45) is 0 Å². The fraction of sp³-hybridized carbons (Fsp3) is 0.222. The van der Waals surface area contributed by atoms with E-state index < -0.39 is 0 Å². The molecule has 0 aliphatic carbocycles. The second-order valence-corrected chi connectivity index (χ2v) is 3.97. The zero-order valence-electron chi connectivity index (χ0n) is 7.71. The predicted molar refractivity (Wildman–Crippen MR) is 58.4 cm³/mol. The zero-order chi connectivity index (χ0) is 10.3. The molecule has 74 valence electrons. The van der Waals surface area contributed by atoms with Crippen LogP contribution in [-0.4, -0.2) is 19.1 Å². The Kier molecular flexibility index (Phi) is 2.29. The number of rotatable bonds is 1. The average molecular weight is 231 g/mol. The molecule has 1 aromatic carbocycles. The summed E-state index contributed by atoms with van der Waals surface area (Å²) in [5.74, 6) is 0. The third-order valence-electron chi connectivity index (χ3n) is 1.78. The van der Waals surface area contributed by atoms with E-state index in [-0.39, 0.29) is 0 Å². The van der Waals surface area contributed by atoms with Gasteiger partial charge in [-0.05, 0) is 12.1 Å². The lowest BCUT2D eigenvalue weighted by Crippen LogP contribution is -2.08. The standard InChI is InChI=1S/C9H8Cl2N2O/c1-13(2)9-12-7-4-5(10)3-6(11)8(7)14-9/h3-4H,1-2H3. The summed E-state index contributed by atoms with van der Waals surface area (Å²) in [5.41, 5.74) is 1.24. The molecule has 0 atom stereocenters. The van der Waals surface area contributed by atoms with Crippen LogP contribution >= 0.6 is 23.2 Å². The van der Waals surface area contributed by atoms with Crippen LogP contribution in [0.2, 0.25) is 10.0 Å². The van der Waals surface area contributed by atoms with Crippen LogP contribution in [-0.2, 0) is 0 Å². The zero-order valence-corrected chi connectivity index (χ0v) is 9.23. The highest BCUT2D eigenvalue weighted by Gasteiger charge is 2.11. The van der Waals surface area contributed by atoms with Gasteiger partial charge in [-0.15, -0.1) is 0 Å². The molecule has 0 saturated carbocycles. The highest BCUT2D eigenvalue weighted by atomic mass is 35.5. The van der Waals surface area contributed by atoms with Gasteiger partial charge in [0.15, 0.2) is 5.58 Å². The fourth-order valence-corrected chi connectivity index (χ4v) is 1.66. The molecule has 0 saturated heterocycles. The molecule has 0 fully saturated rings. The highest BCUT2D eigenvalue weighted by Crippen LogP contribution is 2.30. The molecule has 2 rings (SSSR count). The molecule has 0 aliphatic heterocycles. The molecule has 0 bridgehead atoms. The van der Waals surface area contributed by atoms with Crippen molar-refractivity contribution < 1.29 is 4.42 Å². The van der Waals surface area contributed by atoms with E-state index in [0.717, 1.165) is 0 Å². The van der Waals surface area contributed by atoms with Gasteiger partial charge in [-0.2, -0.15) is 4.98 Å². The van der Waals surface area contributed by atoms with Gasteiger partial charge in [0.25, 0.3) is 6.01 Å². The Labute approximate surface area is 91.2 Å². The highest BCUT2D eigenvalue weighted by molar-refractivity contribution is 6.38. The van der Waals surface area contributed by atoms with Gasteiger partial charge in [0.05, 0.1) is 5.02 Å². The lowest BCUT2D eigenvalue weighted by Gasteiger charge is -2.03. The average Bonchev–Trinajstić information content (AvgIpc) is 2.47. The summed E-state index contributed by atoms with van der Waals surface area (Å²) in [6, 6.07) is 3.87. The maximum atomic E-state index is 5.94. The topological polar surface area (TPSA) is 29.3 Å². The first-order chi connectivity index (χ1) is 6.58. The molecule has 14 heavy (non-hydrogen) atoms. The van der Waals surface area contributed by atoms with Gasteiger partial charge in [-0.25, -0.2) is 0 Å². The minimum atomic E-state index is 0.480. The van der Waals surface area contributed by atoms with Crippen LogP contribution in [0, 0.1) is 0 Å². The Morgan fingerprint density at radius 1 is 1.29 bits per heavy atom. The van der Waals surface area contributed by atoms with Gasteiger partial charge >= 0.3 is 0 Å². The molecule has 3 nitrogen and oxygen atoms in total. The molecule has 0 unspecified atom stereocenters. The van der Waals surface area contributed by atoms with Gasteiger partial charge in [0.2, 0.25) is 0 Å². The Morgan fingerprint density at radius 2 is 2.00 bits per heavy atom. The Hall–Kier alpha value is -0.930. The van der Waals surface area contributed by atoms with Gasteiger partial charge < -0.3 is 9.32 Å². The summed E-state index contributed by atoms with van der Waals surface area (Å²) < 4.78 is 5.44. The second-order valence-electron chi connectivity index (χ2n) is 3.13. The van der Waals surface area contributed by atoms with Crippen LogP contribution in [0.1, 0.15) is 0 Å². The van der Waals surface area contributed by atoms with Crippen LogP contribution < -0.4 is 4.90 Å². The number of hydrogen-bond acceptors (Lipinski definition) is 3. The Bertz CT molecular complexity index is 479. The van der Waals surface area contributed by atoms with Crippen molar-refractivity contribution in [3.05, 3.63) is 22.2 Å². The van der Waals surface area contributed by atoms with Crippen molar-refractivity contribution >= 4 is 40.3 Å². The molecule has 0 N–H and O–H groups in total. The minimum Gasteiger partial charge on any atom is -0.422 e. The smallest absolute Gasteiger partial charge is 0.297 e. The van der Waals surface area contributed by atoms with Crippen molar-refractivity contribution in [2.45, 2.75) is 0 Å². The number of oxazole rings is 1. The summed E-state index contributed by atoms with van der Waals surface area (Å²) in [7, 11) is 3.69. The number of fused-ring (bicyclic) bond motifs is 1. The maximum Gasteiger partial charge on any atom is 0.297 e. The van der Waals surface area contributed by atoms with Crippen molar-refractivity contribution in [3.63, 3.8) is 0 Å². The molecular weight excluding hydrogens is 223 g/mol. The third kappa shape index (κ3) is 1.53. The second kappa shape index (κ2) is 3.33. The van der Waals surface area contributed by atoms with Gasteiger partial charge in [0.1, 0.15) is 5.52 Å². The number of anilines is 1. The van der Waals surface area contributed by atoms with Gasteiger partial charge in [-0.1, -0.05) is 23.2 Å². The van der Waals surface area contributed by atoms with Gasteiger partial charge in [0, 0.05) is 19.1 Å². The van der Waals surface area contributed by atoms with E-state index in [2.05, 4.69) is 4.98 Å². The van der Waals surface area contributed by atoms with Crippen molar-refractivity contribution in [3.8, 4) is 0 Å². The lowest BCUT2D eigenvalue weighted by molar-refractivity contribution is 0.597. The number of halogens is 2. The van der Waals surface area contributed by atoms with E-state index in [9.17, 15) is 0 Å². The summed E-state index contributed by atoms with van der Waals surface area (Å²) in [4.78, 5) is 5.99. The molecule has 1 aromatic heterocycles. The SMILES string of the molecule is CN(C)c1nc2cc(Cl)cc(Cl)c2o1. The molecule has 5 heteroatoms. The quantitative estimate of drug-likeness (QED) is 0.754. The van der Waals surface area contributed by atoms with E-state index in [1.54, 1.807) is 17.0 Å². The fourth-order valence-electron chi connectivity index (χ4n) is 1.14. The van der Waals surface area contributed by atoms with Crippen molar-refractivity contribution in [1.29, 1.82) is 0 Å². The molecule has 2 aromatic rings. The molecule has 0 aliphatic rings. The normalized spacial score (nSPS) is 10.9. The number of hydrogen-bond donors (Lipinski definition) is 0. The summed E-state index contributed by atoms with van der Waals surface area (Å²) in [6.45, 7) is 0. The monoisotopic (exact) mass is 230 g/mol. The van der Waals surface area contributed by atoms with E-state index in [1.165, 1.54) is 0 Å². The first-order valence-corrected chi connectivity index (χ1v) is 4.76. The van der Waals surface area contributed by atoms with E-state index in [4.69, 9.17) is 27.6 Å². The predicted octanol–water partition coefficient (Wildman–Crippen LogP) is 3.20. The van der Waals surface area contributed by atoms with E-state index in [1.807, 2.05) is 14.1 Å². The van der Waals surface area contributed by atoms with Crippen molar-refractivity contribution in [1.82, 2.24) is 4.98 Å². The largest absolute Gasteiger partial charge is 0.422 e. The van der Waals surface area contributed by atoms with E-state index in [0.29, 0.717) is 27.2 Å². The number of aromatic nitrogens is 1. The van der Waals surface area contributed by atoms with Crippen LogP contribution in [0.15, 0.2) is 16.5 Å². The molecule has 1 heterocycles. The van der Waals surface area contributed by atoms with E-state index >= 15 is 0 Å². The Balaban J connectivity index is 2.70. The van der Waals surface area contributed by atoms with Crippen LogP contribution in [0.25, 0.3) is 11.1 Å². The molecule has 0 amide bonds. The van der Waals surface area contributed by atoms with Crippen LogP contribution in [0.3, 0.4) is 0 Å². The number of nitrogens with zero attached hydrogens (tertiary/aromatic N) is 2. The summed E-state index contributed by atoms with van der Waals surface area (Å²) in [5, 5.41) is 1.04. The Morgan fingerprint density at radius 3 is 2.64 bits per heavy atom.